The first-order valence-electron chi connectivity index (χ1n) is 1.86. The summed E-state index contributed by atoms with van der Waals surface area (Å²) in [5, 5.41) is 18.3. The van der Waals surface area contributed by atoms with E-state index in [4.69, 9.17) is 10.5 Å². The maximum absolute atomic E-state index is 7.56. The van der Waals surface area contributed by atoms with Gasteiger partial charge in [-0.2, -0.15) is 10.5 Å². The van der Waals surface area contributed by atoms with E-state index in [1.54, 1.807) is 10.8 Å². The van der Waals surface area contributed by atoms with Gasteiger partial charge in [0.1, 0.15) is 10.8 Å². The van der Waals surface area contributed by atoms with Crippen LogP contribution < -0.4 is 0 Å². The number of hydrogen-bond acceptors (Lipinski definition) is 3. The minimum Gasteiger partial charge on any atom is -0.184 e. The monoisotopic (exact) mass is 114 g/mol. The zero-order chi connectivity index (χ0) is 6.12. The fourth-order valence-corrected chi connectivity index (χ4v) is 0.0612. The largest absolute Gasteiger partial charge is 0.184 e. The minimum atomic E-state index is 0.574. The van der Waals surface area contributed by atoms with E-state index in [2.05, 4.69) is 0 Å². The highest BCUT2D eigenvalue weighted by Crippen LogP contribution is 1.85. The second-order valence-electron chi connectivity index (χ2n) is 0.285. The van der Waals surface area contributed by atoms with Gasteiger partial charge >= 0.3 is 0 Å². The lowest BCUT2D eigenvalue weighted by Crippen LogP contribution is -1.29. The van der Waals surface area contributed by atoms with Crippen LogP contribution in [0.3, 0.4) is 0 Å². The van der Waals surface area contributed by atoms with Gasteiger partial charge in [0.15, 0.2) is 0 Å². The first-order valence-corrected chi connectivity index (χ1v) is 2.67. The third-order valence-electron chi connectivity index (χ3n) is 0.0913. The lowest BCUT2D eigenvalue weighted by atomic mass is 11.0. The topological polar surface area (TPSA) is 47.6 Å². The van der Waals surface area contributed by atoms with Crippen molar-refractivity contribution in [3.63, 3.8) is 0 Å². The minimum absolute atomic E-state index is 0.574. The van der Waals surface area contributed by atoms with Crippen molar-refractivity contribution in [2.75, 3.05) is 0 Å². The summed E-state index contributed by atoms with van der Waals surface area (Å²) < 4.78 is 0. The molecule has 0 aliphatic carbocycles. The van der Waals surface area contributed by atoms with Crippen LogP contribution in [0.15, 0.2) is 0 Å². The molecule has 2 nitrogen and oxygen atoms in total. The Bertz CT molecular complexity index is 74.8. The van der Waals surface area contributed by atoms with Gasteiger partial charge in [-0.1, -0.05) is 13.8 Å². The number of thiocyanates is 2. The highest BCUT2D eigenvalue weighted by molar-refractivity contribution is 8.07. The average molecular weight is 114 g/mol. The van der Waals surface area contributed by atoms with Crippen molar-refractivity contribution in [1.29, 1.82) is 10.5 Å². The van der Waals surface area contributed by atoms with Crippen molar-refractivity contribution < 1.29 is 0 Å². The van der Waals surface area contributed by atoms with Gasteiger partial charge in [-0.3, -0.25) is 0 Å². The average Bonchev–Trinajstić information content (AvgIpc) is 1.75. The lowest BCUT2D eigenvalue weighted by Gasteiger charge is -1.44. The van der Waals surface area contributed by atoms with Gasteiger partial charge in [0.05, 0.1) is 11.8 Å². The van der Waals surface area contributed by atoms with Gasteiger partial charge in [0, 0.05) is 0 Å². The Labute approximate surface area is 47.7 Å². The van der Waals surface area contributed by atoms with Crippen molar-refractivity contribution in [1.82, 2.24) is 0 Å². The van der Waals surface area contributed by atoms with Crippen molar-refractivity contribution in [2.45, 2.75) is 13.8 Å². The molecule has 38 valence electrons. The molecule has 0 unspecified atom stereocenters. The molecule has 0 aromatic carbocycles. The molecule has 0 spiro atoms. The van der Waals surface area contributed by atoms with Crippen LogP contribution in [-0.2, 0) is 0 Å². The van der Waals surface area contributed by atoms with Crippen LogP contribution in [0.4, 0.5) is 0 Å². The smallest absolute Gasteiger partial charge is 0.149 e. The van der Waals surface area contributed by atoms with Gasteiger partial charge < -0.3 is 0 Å². The Morgan fingerprint density at radius 1 is 1.14 bits per heavy atom. The van der Waals surface area contributed by atoms with E-state index in [1.807, 2.05) is 13.8 Å². The molecule has 0 heterocycles. The van der Waals surface area contributed by atoms with Gasteiger partial charge in [-0.15, -0.1) is 0 Å². The number of nitriles is 2. The van der Waals surface area contributed by atoms with Crippen LogP contribution >= 0.6 is 11.8 Å². The first kappa shape index (κ1) is 9.59. The highest BCUT2D eigenvalue weighted by Gasteiger charge is 1.62. The van der Waals surface area contributed by atoms with Gasteiger partial charge in [-0.05, 0) is 0 Å². The Morgan fingerprint density at radius 2 is 1.43 bits per heavy atom. The second-order valence-corrected chi connectivity index (χ2v) is 0.854. The summed E-state index contributed by atoms with van der Waals surface area (Å²) in [4.78, 5) is 0. The molecule has 0 saturated heterocycles. The van der Waals surface area contributed by atoms with E-state index in [0.717, 1.165) is 0 Å². The molecule has 0 aliphatic rings. The Morgan fingerprint density at radius 3 is 1.43 bits per heavy atom. The summed E-state index contributed by atoms with van der Waals surface area (Å²) in [7, 11) is 0. The van der Waals surface area contributed by atoms with E-state index in [-0.39, 0.29) is 0 Å². The molecular weight excluding hydrogens is 108 g/mol. The van der Waals surface area contributed by atoms with E-state index >= 15 is 0 Å². The number of hydrogen-bond donors (Lipinski definition) is 0. The molecule has 0 aromatic rings. The van der Waals surface area contributed by atoms with Crippen LogP contribution in [-0.4, -0.2) is 0 Å². The maximum Gasteiger partial charge on any atom is 0.149 e. The summed E-state index contributed by atoms with van der Waals surface area (Å²) in [6, 6.07) is 0. The third-order valence-corrected chi connectivity index (χ3v) is 0.274. The molecule has 0 N–H and O–H groups in total. The molecule has 0 rings (SSSR count). The predicted molar refractivity (Wildman–Crippen MR) is 30.2 cm³/mol. The van der Waals surface area contributed by atoms with Crippen LogP contribution in [0.2, 0.25) is 0 Å². The van der Waals surface area contributed by atoms with E-state index in [1.165, 1.54) is 0 Å². The number of nitrogens with zero attached hydrogens (tertiary/aromatic N) is 2. The van der Waals surface area contributed by atoms with E-state index in [0.29, 0.717) is 11.8 Å². The Hall–Kier alpha value is -0.670. The van der Waals surface area contributed by atoms with Crippen molar-refractivity contribution >= 4 is 11.8 Å². The molecule has 0 fully saturated rings. The molecule has 0 bridgehead atoms. The van der Waals surface area contributed by atoms with Crippen LogP contribution in [0.1, 0.15) is 13.8 Å². The van der Waals surface area contributed by atoms with Gasteiger partial charge in [0.2, 0.25) is 0 Å². The summed E-state index contributed by atoms with van der Waals surface area (Å²) in [5.41, 5.74) is 0. The Kier molecular flexibility index (Phi) is 25.2. The summed E-state index contributed by atoms with van der Waals surface area (Å²) in [6.07, 6.45) is 0. The summed E-state index contributed by atoms with van der Waals surface area (Å²) in [5.74, 6) is 0. The van der Waals surface area contributed by atoms with Crippen LogP contribution in [0, 0.1) is 21.3 Å². The molecule has 7 heavy (non-hydrogen) atoms. The normalized spacial score (nSPS) is 4.00. The molecule has 0 atom stereocenters. The van der Waals surface area contributed by atoms with Crippen molar-refractivity contribution in [2.24, 2.45) is 0 Å². The zero-order valence-electron chi connectivity index (χ0n) is 4.30. The van der Waals surface area contributed by atoms with Crippen molar-refractivity contribution in [3.8, 4) is 10.8 Å². The number of thioether (sulfide) groups is 1. The second kappa shape index (κ2) is 18.4. The van der Waals surface area contributed by atoms with Gasteiger partial charge in [-0.25, -0.2) is 0 Å². The highest BCUT2D eigenvalue weighted by atomic mass is 32.2. The zero-order valence-corrected chi connectivity index (χ0v) is 5.12. The fourth-order valence-electron chi connectivity index (χ4n) is 0.0204. The molecular formula is C4H6N2S. The Balaban J connectivity index is 0. The number of rotatable bonds is 0. The predicted octanol–water partition coefficient (Wildman–Crippen LogP) is 1.71. The molecule has 0 aromatic heterocycles. The van der Waals surface area contributed by atoms with Crippen LogP contribution in [0.5, 0.6) is 0 Å². The quantitative estimate of drug-likeness (QED) is 0.450. The third kappa shape index (κ3) is 33.4. The molecule has 0 saturated carbocycles. The van der Waals surface area contributed by atoms with Crippen LogP contribution in [0.25, 0.3) is 0 Å². The SMILES string of the molecule is CC.N#CSC#N. The summed E-state index contributed by atoms with van der Waals surface area (Å²) in [6.45, 7) is 4.00. The van der Waals surface area contributed by atoms with E-state index in [9.17, 15) is 0 Å². The van der Waals surface area contributed by atoms with Crippen molar-refractivity contribution in [3.05, 3.63) is 0 Å². The first-order chi connectivity index (χ1) is 3.41. The van der Waals surface area contributed by atoms with E-state index < -0.39 is 0 Å². The molecule has 3 heteroatoms. The molecule has 0 amide bonds. The fraction of sp³-hybridized carbons (Fsp3) is 0.500. The lowest BCUT2D eigenvalue weighted by molar-refractivity contribution is 1.50. The van der Waals surface area contributed by atoms with Gasteiger partial charge in [0.25, 0.3) is 0 Å². The summed E-state index contributed by atoms with van der Waals surface area (Å²) >= 11 is 0.574. The molecule has 0 radical (unpaired) electrons. The molecule has 0 aliphatic heterocycles. The standard InChI is InChI=1S/C2N2S.C2H6/c3-1-5-2-4;1-2/h;1-2H3. The maximum atomic E-state index is 7.56.